The molecule has 0 spiro atoms. The van der Waals surface area contributed by atoms with E-state index in [1.165, 1.54) is 16.3 Å². The van der Waals surface area contributed by atoms with E-state index in [0.29, 0.717) is 0 Å². The molecule has 2 heteroatoms. The normalized spacial score (nSPS) is 10.6. The van der Waals surface area contributed by atoms with E-state index in [1.807, 2.05) is 36.5 Å². The minimum absolute atomic E-state index is 0.857. The molecule has 0 aliphatic heterocycles. The lowest BCUT2D eigenvalue weighted by atomic mass is 10.00. The van der Waals surface area contributed by atoms with Crippen molar-refractivity contribution in [3.63, 3.8) is 0 Å². The second-order valence-electron chi connectivity index (χ2n) is 4.56. The van der Waals surface area contributed by atoms with Gasteiger partial charge in [-0.3, -0.25) is 4.98 Å². The van der Waals surface area contributed by atoms with Crippen molar-refractivity contribution in [3.8, 4) is 17.0 Å². The van der Waals surface area contributed by atoms with Crippen molar-refractivity contribution in [1.82, 2.24) is 4.98 Å². The summed E-state index contributed by atoms with van der Waals surface area (Å²) in [5, 5.41) is 2.37. The molecule has 0 saturated heterocycles. The zero-order valence-electron chi connectivity index (χ0n) is 11.1. The van der Waals surface area contributed by atoms with Crippen LogP contribution in [0.25, 0.3) is 22.0 Å². The number of rotatable bonds is 2. The van der Waals surface area contributed by atoms with Gasteiger partial charge in [0.1, 0.15) is 5.75 Å². The molecule has 1 aromatic heterocycles. The molecule has 0 aliphatic carbocycles. The molecular formula is C17H15NO. The summed E-state index contributed by atoms with van der Waals surface area (Å²) in [6, 6.07) is 16.4. The molecule has 0 saturated carbocycles. The first-order valence-electron chi connectivity index (χ1n) is 6.28. The number of hydrogen-bond donors (Lipinski definition) is 0. The summed E-state index contributed by atoms with van der Waals surface area (Å²) in [6.45, 7) is 2.10. The third kappa shape index (κ3) is 2.06. The largest absolute Gasteiger partial charge is 0.497 e. The molecule has 0 radical (unpaired) electrons. The maximum atomic E-state index is 5.32. The van der Waals surface area contributed by atoms with E-state index in [1.54, 1.807) is 7.11 Å². The highest BCUT2D eigenvalue weighted by Crippen LogP contribution is 2.31. The topological polar surface area (TPSA) is 22.1 Å². The Morgan fingerprint density at radius 1 is 1.00 bits per heavy atom. The van der Waals surface area contributed by atoms with Crippen LogP contribution in [0.3, 0.4) is 0 Å². The fourth-order valence-corrected chi connectivity index (χ4v) is 2.32. The van der Waals surface area contributed by atoms with Crippen molar-refractivity contribution in [3.05, 3.63) is 60.3 Å². The minimum atomic E-state index is 0.857. The van der Waals surface area contributed by atoms with Gasteiger partial charge in [0.05, 0.1) is 12.8 Å². The fourth-order valence-electron chi connectivity index (χ4n) is 2.32. The number of pyridine rings is 1. The van der Waals surface area contributed by atoms with Crippen LogP contribution in [-0.4, -0.2) is 12.1 Å². The van der Waals surface area contributed by atoms with Crippen LogP contribution >= 0.6 is 0 Å². The second-order valence-corrected chi connectivity index (χ2v) is 4.56. The molecule has 3 rings (SSSR count). The van der Waals surface area contributed by atoms with E-state index in [9.17, 15) is 0 Å². The molecule has 0 bridgehead atoms. The third-order valence-corrected chi connectivity index (χ3v) is 3.37. The fraction of sp³-hybridized carbons (Fsp3) is 0.118. The molecule has 0 atom stereocenters. The van der Waals surface area contributed by atoms with Crippen molar-refractivity contribution < 1.29 is 4.74 Å². The predicted octanol–water partition coefficient (Wildman–Crippen LogP) is 4.22. The van der Waals surface area contributed by atoms with Crippen LogP contribution in [0.2, 0.25) is 0 Å². The van der Waals surface area contributed by atoms with Gasteiger partial charge >= 0.3 is 0 Å². The van der Waals surface area contributed by atoms with Crippen molar-refractivity contribution >= 4 is 10.8 Å². The molecule has 2 nitrogen and oxygen atoms in total. The van der Waals surface area contributed by atoms with Gasteiger partial charge in [-0.15, -0.1) is 0 Å². The highest BCUT2D eigenvalue weighted by molar-refractivity contribution is 5.95. The number of aromatic nitrogens is 1. The molecule has 1 heterocycles. The molecule has 0 unspecified atom stereocenters. The number of benzene rings is 2. The SMILES string of the molecule is COc1ccc(C)c(-c2nccc3ccccc23)c1. The van der Waals surface area contributed by atoms with Gasteiger partial charge in [-0.2, -0.15) is 0 Å². The van der Waals surface area contributed by atoms with Crippen LogP contribution < -0.4 is 4.74 Å². The van der Waals surface area contributed by atoms with Crippen LogP contribution in [0, 0.1) is 6.92 Å². The van der Waals surface area contributed by atoms with Crippen LogP contribution in [0.15, 0.2) is 54.7 Å². The first-order valence-corrected chi connectivity index (χ1v) is 6.28. The van der Waals surface area contributed by atoms with E-state index >= 15 is 0 Å². The number of methoxy groups -OCH3 is 1. The standard InChI is InChI=1S/C17H15NO/c1-12-7-8-14(19-2)11-16(12)17-15-6-4-3-5-13(15)9-10-18-17/h3-11H,1-2H3. The maximum absolute atomic E-state index is 5.32. The zero-order chi connectivity index (χ0) is 13.2. The molecular weight excluding hydrogens is 234 g/mol. The van der Waals surface area contributed by atoms with Gasteiger partial charge in [0.25, 0.3) is 0 Å². The number of ether oxygens (including phenoxy) is 1. The zero-order valence-corrected chi connectivity index (χ0v) is 11.1. The number of fused-ring (bicyclic) bond motifs is 1. The van der Waals surface area contributed by atoms with Crippen molar-refractivity contribution in [2.75, 3.05) is 7.11 Å². The van der Waals surface area contributed by atoms with Gasteiger partial charge in [0.15, 0.2) is 0 Å². The molecule has 2 aromatic carbocycles. The predicted molar refractivity (Wildman–Crippen MR) is 78.5 cm³/mol. The summed E-state index contributed by atoms with van der Waals surface area (Å²) in [6.07, 6.45) is 1.86. The van der Waals surface area contributed by atoms with E-state index in [4.69, 9.17) is 4.74 Å². The lowest BCUT2D eigenvalue weighted by Gasteiger charge is -2.10. The summed E-state index contributed by atoms with van der Waals surface area (Å²) < 4.78 is 5.32. The smallest absolute Gasteiger partial charge is 0.119 e. The molecule has 0 fully saturated rings. The lowest BCUT2D eigenvalue weighted by Crippen LogP contribution is -1.91. The summed E-state index contributed by atoms with van der Waals surface area (Å²) in [7, 11) is 1.69. The molecule has 0 amide bonds. The minimum Gasteiger partial charge on any atom is -0.497 e. The number of nitrogens with zero attached hydrogens (tertiary/aromatic N) is 1. The Hall–Kier alpha value is -2.35. The lowest BCUT2D eigenvalue weighted by molar-refractivity contribution is 0.415. The van der Waals surface area contributed by atoms with Gasteiger partial charge in [-0.25, -0.2) is 0 Å². The summed E-state index contributed by atoms with van der Waals surface area (Å²) >= 11 is 0. The summed E-state index contributed by atoms with van der Waals surface area (Å²) in [5.41, 5.74) is 3.33. The Balaban J connectivity index is 2.30. The van der Waals surface area contributed by atoms with Crippen molar-refractivity contribution in [2.24, 2.45) is 0 Å². The Labute approximate surface area is 112 Å². The Kier molecular flexibility index (Phi) is 2.92. The summed E-state index contributed by atoms with van der Waals surface area (Å²) in [5.74, 6) is 0.857. The molecule has 19 heavy (non-hydrogen) atoms. The molecule has 94 valence electrons. The maximum Gasteiger partial charge on any atom is 0.119 e. The van der Waals surface area contributed by atoms with Gasteiger partial charge < -0.3 is 4.74 Å². The van der Waals surface area contributed by atoms with Gasteiger partial charge in [0.2, 0.25) is 0 Å². The van der Waals surface area contributed by atoms with Crippen LogP contribution in [-0.2, 0) is 0 Å². The monoisotopic (exact) mass is 249 g/mol. The highest BCUT2D eigenvalue weighted by atomic mass is 16.5. The quantitative estimate of drug-likeness (QED) is 0.678. The van der Waals surface area contributed by atoms with Crippen LogP contribution in [0.4, 0.5) is 0 Å². The van der Waals surface area contributed by atoms with E-state index in [0.717, 1.165) is 17.0 Å². The highest BCUT2D eigenvalue weighted by Gasteiger charge is 2.08. The van der Waals surface area contributed by atoms with E-state index < -0.39 is 0 Å². The molecule has 3 aromatic rings. The van der Waals surface area contributed by atoms with Crippen molar-refractivity contribution in [1.29, 1.82) is 0 Å². The van der Waals surface area contributed by atoms with Crippen LogP contribution in [0.1, 0.15) is 5.56 Å². The van der Waals surface area contributed by atoms with Crippen molar-refractivity contribution in [2.45, 2.75) is 6.92 Å². The van der Waals surface area contributed by atoms with Crippen LogP contribution in [0.5, 0.6) is 5.75 Å². The third-order valence-electron chi connectivity index (χ3n) is 3.37. The van der Waals surface area contributed by atoms with E-state index in [-0.39, 0.29) is 0 Å². The average Bonchev–Trinajstić information content (AvgIpc) is 2.47. The first kappa shape index (κ1) is 11.7. The van der Waals surface area contributed by atoms with Gasteiger partial charge in [0, 0.05) is 17.1 Å². The molecule has 0 N–H and O–H groups in total. The number of hydrogen-bond acceptors (Lipinski definition) is 2. The molecule has 0 aliphatic rings. The average molecular weight is 249 g/mol. The summed E-state index contributed by atoms with van der Waals surface area (Å²) in [4.78, 5) is 4.56. The first-order chi connectivity index (χ1) is 9.29. The Morgan fingerprint density at radius 3 is 2.68 bits per heavy atom. The Morgan fingerprint density at radius 2 is 1.84 bits per heavy atom. The second kappa shape index (κ2) is 4.73. The van der Waals surface area contributed by atoms with Gasteiger partial charge in [-0.05, 0) is 36.1 Å². The van der Waals surface area contributed by atoms with E-state index in [2.05, 4.69) is 30.1 Å². The Bertz CT molecular complexity index is 729. The van der Waals surface area contributed by atoms with Gasteiger partial charge in [-0.1, -0.05) is 30.3 Å². The number of aryl methyl sites for hydroxylation is 1.